The van der Waals surface area contributed by atoms with Crippen LogP contribution in [0, 0.1) is 0 Å². The first-order valence-electron chi connectivity index (χ1n) is 11.9. The third kappa shape index (κ3) is 4.48. The van der Waals surface area contributed by atoms with E-state index in [0.29, 0.717) is 17.8 Å². The van der Waals surface area contributed by atoms with Crippen LogP contribution in [0.25, 0.3) is 0 Å². The number of amides is 1. The number of aryl methyl sites for hydroxylation is 1. The van der Waals surface area contributed by atoms with Crippen molar-refractivity contribution < 1.29 is 19.8 Å². The highest BCUT2D eigenvalue weighted by Gasteiger charge is 2.47. The van der Waals surface area contributed by atoms with Gasteiger partial charge in [-0.3, -0.25) is 4.79 Å². The minimum Gasteiger partial charge on any atom is -0.508 e. The van der Waals surface area contributed by atoms with Crippen molar-refractivity contribution in [2.45, 2.75) is 51.0 Å². The molecule has 1 aliphatic rings. The van der Waals surface area contributed by atoms with E-state index in [1.807, 2.05) is 23.1 Å². The van der Waals surface area contributed by atoms with Gasteiger partial charge in [0.25, 0.3) is 0 Å². The number of aromatic carboxylic acids is 1. The molecule has 35 heavy (non-hydrogen) atoms. The van der Waals surface area contributed by atoms with Gasteiger partial charge in [-0.15, -0.1) is 0 Å². The first-order valence-corrected chi connectivity index (χ1v) is 11.9. The van der Waals surface area contributed by atoms with Crippen molar-refractivity contribution in [1.29, 1.82) is 0 Å². The summed E-state index contributed by atoms with van der Waals surface area (Å²) in [6.07, 6.45) is 1.73. The smallest absolute Gasteiger partial charge is 0.337 e. The highest BCUT2D eigenvalue weighted by molar-refractivity contribution is 5.99. The van der Waals surface area contributed by atoms with Crippen LogP contribution in [0.3, 0.4) is 0 Å². The summed E-state index contributed by atoms with van der Waals surface area (Å²) in [7, 11) is 0. The number of carbonyl (C=O) groups is 2. The highest BCUT2D eigenvalue weighted by Crippen LogP contribution is 2.43. The third-order valence-electron chi connectivity index (χ3n) is 6.94. The number of phenolic OH excluding ortho intramolecular Hbond substituents is 1. The summed E-state index contributed by atoms with van der Waals surface area (Å²) in [5.41, 5.74) is 9.09. The van der Waals surface area contributed by atoms with Gasteiger partial charge in [0.1, 0.15) is 11.3 Å². The molecule has 0 bridgehead atoms. The molecule has 3 aromatic carbocycles. The van der Waals surface area contributed by atoms with Crippen LogP contribution in [0.2, 0.25) is 0 Å². The Morgan fingerprint density at radius 2 is 1.57 bits per heavy atom. The zero-order chi connectivity index (χ0) is 25.4. The summed E-state index contributed by atoms with van der Waals surface area (Å²) in [4.78, 5) is 27.6. The Labute approximate surface area is 206 Å². The summed E-state index contributed by atoms with van der Waals surface area (Å²) >= 11 is 0. The average molecular weight is 473 g/mol. The van der Waals surface area contributed by atoms with Gasteiger partial charge in [0, 0.05) is 13.0 Å². The van der Waals surface area contributed by atoms with Crippen molar-refractivity contribution in [1.82, 2.24) is 0 Å². The Morgan fingerprint density at radius 3 is 2.14 bits per heavy atom. The number of carboxylic acids is 1. The zero-order valence-electron chi connectivity index (χ0n) is 20.4. The molecule has 0 saturated carbocycles. The van der Waals surface area contributed by atoms with Crippen LogP contribution in [0.1, 0.15) is 59.8 Å². The molecule has 0 radical (unpaired) electrons. The lowest BCUT2D eigenvalue weighted by Crippen LogP contribution is -2.58. The van der Waals surface area contributed by atoms with E-state index >= 15 is 0 Å². The van der Waals surface area contributed by atoms with E-state index in [9.17, 15) is 19.8 Å². The number of nitrogens with two attached hydrogens (primary N) is 1. The maximum absolute atomic E-state index is 13.5. The van der Waals surface area contributed by atoms with Crippen LogP contribution in [0.5, 0.6) is 5.75 Å². The Balaban J connectivity index is 1.94. The minimum absolute atomic E-state index is 0.0154. The van der Waals surface area contributed by atoms with Gasteiger partial charge in [-0.05, 0) is 58.7 Å². The molecule has 182 valence electrons. The summed E-state index contributed by atoms with van der Waals surface area (Å²) in [6, 6.07) is 19.8. The van der Waals surface area contributed by atoms with E-state index < -0.39 is 17.4 Å². The van der Waals surface area contributed by atoms with Gasteiger partial charge in [-0.25, -0.2) is 4.79 Å². The maximum Gasteiger partial charge on any atom is 0.337 e. The largest absolute Gasteiger partial charge is 0.508 e. The molecule has 4 N–H and O–H groups in total. The molecule has 0 spiro atoms. The first kappa shape index (κ1) is 24.3. The van der Waals surface area contributed by atoms with E-state index in [4.69, 9.17) is 5.73 Å². The Morgan fingerprint density at radius 1 is 0.943 bits per heavy atom. The number of fused-ring (bicyclic) bond motifs is 1. The number of rotatable bonds is 6. The molecule has 0 saturated heterocycles. The lowest BCUT2D eigenvalue weighted by Gasteiger charge is -2.47. The van der Waals surface area contributed by atoms with Crippen LogP contribution in [-0.2, 0) is 28.6 Å². The molecule has 1 heterocycles. The van der Waals surface area contributed by atoms with E-state index in [1.54, 1.807) is 24.3 Å². The summed E-state index contributed by atoms with van der Waals surface area (Å²) in [5, 5.41) is 19.9. The van der Waals surface area contributed by atoms with E-state index in [0.717, 1.165) is 24.0 Å². The van der Waals surface area contributed by atoms with E-state index in [-0.39, 0.29) is 23.1 Å². The molecule has 3 aromatic rings. The number of anilines is 1. The molecule has 6 nitrogen and oxygen atoms in total. The number of carboxylic acid groups (broad SMARTS) is 1. The average Bonchev–Trinajstić information content (AvgIpc) is 2.82. The van der Waals surface area contributed by atoms with E-state index in [1.165, 1.54) is 17.7 Å². The number of phenols is 1. The molecule has 4 rings (SSSR count). The Kier molecular flexibility index (Phi) is 6.32. The van der Waals surface area contributed by atoms with Gasteiger partial charge in [-0.1, -0.05) is 69.3 Å². The summed E-state index contributed by atoms with van der Waals surface area (Å²) in [5.74, 6) is -1.55. The van der Waals surface area contributed by atoms with Gasteiger partial charge in [0.05, 0.1) is 11.3 Å². The highest BCUT2D eigenvalue weighted by atomic mass is 16.4. The number of hydrogen-bond donors (Lipinski definition) is 3. The van der Waals surface area contributed by atoms with Crippen molar-refractivity contribution in [3.05, 3.63) is 94.5 Å². The second-order valence-electron chi connectivity index (χ2n) is 10.3. The second-order valence-corrected chi connectivity index (χ2v) is 10.3. The lowest BCUT2D eigenvalue weighted by atomic mass is 9.78. The minimum atomic E-state index is -1.35. The van der Waals surface area contributed by atoms with Crippen LogP contribution in [0.4, 0.5) is 5.69 Å². The monoisotopic (exact) mass is 472 g/mol. The molecule has 6 heteroatoms. The number of para-hydroxylation sites is 1. The van der Waals surface area contributed by atoms with Crippen molar-refractivity contribution >= 4 is 17.6 Å². The predicted octanol–water partition coefficient (Wildman–Crippen LogP) is 4.76. The summed E-state index contributed by atoms with van der Waals surface area (Å²) in [6.45, 7) is 6.90. The van der Waals surface area contributed by atoms with Gasteiger partial charge in [0.15, 0.2) is 0 Å². The second kappa shape index (κ2) is 9.10. The molecule has 1 atom stereocenters. The molecular weight excluding hydrogens is 440 g/mol. The van der Waals surface area contributed by atoms with Crippen LogP contribution >= 0.6 is 0 Å². The van der Waals surface area contributed by atoms with Gasteiger partial charge >= 0.3 is 5.97 Å². The fourth-order valence-electron chi connectivity index (χ4n) is 5.08. The number of carbonyl (C=O) groups excluding carboxylic acids is 1. The molecule has 0 aromatic heterocycles. The van der Waals surface area contributed by atoms with Crippen molar-refractivity contribution in [3.8, 4) is 5.75 Å². The van der Waals surface area contributed by atoms with Crippen LogP contribution in [0.15, 0.2) is 66.7 Å². The fourth-order valence-corrected chi connectivity index (χ4v) is 5.08. The Hall–Kier alpha value is -3.80. The number of nitrogens with zero attached hydrogens (tertiary/aromatic N) is 1. The number of primary amides is 1. The predicted molar refractivity (Wildman–Crippen MR) is 137 cm³/mol. The third-order valence-corrected chi connectivity index (χ3v) is 6.94. The molecule has 0 aliphatic carbocycles. The van der Waals surface area contributed by atoms with Gasteiger partial charge in [0.2, 0.25) is 5.91 Å². The van der Waals surface area contributed by atoms with Crippen molar-refractivity contribution in [2.75, 3.05) is 11.4 Å². The molecule has 1 amide bonds. The number of aromatic hydroxyl groups is 1. The Bertz CT molecular complexity index is 1240. The van der Waals surface area contributed by atoms with Crippen molar-refractivity contribution in [2.24, 2.45) is 5.73 Å². The molecule has 0 fully saturated rings. The standard InChI is InChI=1S/C29H32N2O4/c1-28(2,3)21-11-9-19(10-12-21)18-29(27(30)35,22-13-15-23(32)16-14-22)31-17-5-7-20-6-4-8-24(25(20)31)26(33)34/h4,6,8-16,32H,5,7,17-18H2,1-3H3,(H2,30,35)(H,33,34). The quantitative estimate of drug-likeness (QED) is 0.480. The molecular formula is C29H32N2O4. The maximum atomic E-state index is 13.5. The molecule has 1 unspecified atom stereocenters. The van der Waals surface area contributed by atoms with Gasteiger partial charge < -0.3 is 20.8 Å². The fraction of sp³-hybridized carbons (Fsp3) is 0.310. The van der Waals surface area contributed by atoms with Crippen molar-refractivity contribution in [3.63, 3.8) is 0 Å². The van der Waals surface area contributed by atoms with E-state index in [2.05, 4.69) is 32.9 Å². The first-order chi connectivity index (χ1) is 16.5. The van der Waals surface area contributed by atoms with Gasteiger partial charge in [-0.2, -0.15) is 0 Å². The summed E-state index contributed by atoms with van der Waals surface area (Å²) < 4.78 is 0. The van der Waals surface area contributed by atoms with Crippen LogP contribution in [-0.4, -0.2) is 28.6 Å². The van der Waals surface area contributed by atoms with Crippen LogP contribution < -0.4 is 10.6 Å². The number of hydrogen-bond acceptors (Lipinski definition) is 4. The lowest BCUT2D eigenvalue weighted by molar-refractivity contribution is -0.123. The number of benzene rings is 3. The molecule has 1 aliphatic heterocycles. The normalized spacial score (nSPS) is 15.2. The topological polar surface area (TPSA) is 104 Å². The zero-order valence-corrected chi connectivity index (χ0v) is 20.4. The SMILES string of the molecule is CC(C)(C)c1ccc(CC(C(N)=O)(c2ccc(O)cc2)N2CCCc3cccc(C(=O)O)c32)cc1.